The number of carbonyl (C=O) groups is 1. The molecule has 0 aromatic heterocycles. The molecule has 1 unspecified atom stereocenters. The fourth-order valence-electron chi connectivity index (χ4n) is 1.92. The number of aryl methyl sites for hydroxylation is 1. The molecule has 0 saturated heterocycles. The van der Waals surface area contributed by atoms with Crippen LogP contribution in [0.15, 0.2) is 48.5 Å². The minimum atomic E-state index is -0.458. The number of nitro benzene ring substituents is 1. The summed E-state index contributed by atoms with van der Waals surface area (Å²) in [6.45, 7) is 3.75. The molecule has 0 spiro atoms. The van der Waals surface area contributed by atoms with Gasteiger partial charge in [0, 0.05) is 17.8 Å². The van der Waals surface area contributed by atoms with Crippen molar-refractivity contribution in [2.24, 2.45) is 0 Å². The SMILES string of the molecule is Cc1ccc(NC(=O)C(C)c2ccc([N+](=O)[O-])cc2)cc1. The Morgan fingerprint density at radius 1 is 1.10 bits per heavy atom. The van der Waals surface area contributed by atoms with Crippen LogP contribution in [0.1, 0.15) is 24.0 Å². The van der Waals surface area contributed by atoms with E-state index in [9.17, 15) is 14.9 Å². The third-order valence-corrected chi connectivity index (χ3v) is 3.32. The normalized spacial score (nSPS) is 11.7. The van der Waals surface area contributed by atoms with Gasteiger partial charge in [-0.15, -0.1) is 0 Å². The number of carbonyl (C=O) groups excluding carboxylic acids is 1. The van der Waals surface area contributed by atoms with Gasteiger partial charge in [0.15, 0.2) is 0 Å². The number of anilines is 1. The first-order valence-electron chi connectivity index (χ1n) is 6.59. The molecule has 0 saturated carbocycles. The van der Waals surface area contributed by atoms with E-state index in [4.69, 9.17) is 0 Å². The highest BCUT2D eigenvalue weighted by Crippen LogP contribution is 2.21. The molecule has 1 amide bonds. The van der Waals surface area contributed by atoms with Gasteiger partial charge in [-0.3, -0.25) is 14.9 Å². The molecule has 2 rings (SSSR count). The van der Waals surface area contributed by atoms with Crippen LogP contribution in [0.2, 0.25) is 0 Å². The van der Waals surface area contributed by atoms with E-state index >= 15 is 0 Å². The molecule has 0 aliphatic rings. The Morgan fingerprint density at radius 2 is 1.67 bits per heavy atom. The molecule has 108 valence electrons. The van der Waals surface area contributed by atoms with Gasteiger partial charge >= 0.3 is 0 Å². The van der Waals surface area contributed by atoms with Crippen molar-refractivity contribution in [2.45, 2.75) is 19.8 Å². The lowest BCUT2D eigenvalue weighted by Gasteiger charge is -2.12. The molecule has 0 fully saturated rings. The molecule has 2 aromatic carbocycles. The Morgan fingerprint density at radius 3 is 2.19 bits per heavy atom. The standard InChI is InChI=1S/C16H16N2O3/c1-11-3-7-14(8-4-11)17-16(19)12(2)13-5-9-15(10-6-13)18(20)21/h3-10,12H,1-2H3,(H,17,19). The summed E-state index contributed by atoms with van der Waals surface area (Å²) < 4.78 is 0. The monoisotopic (exact) mass is 284 g/mol. The van der Waals surface area contributed by atoms with Crippen molar-refractivity contribution in [3.63, 3.8) is 0 Å². The lowest BCUT2D eigenvalue weighted by Crippen LogP contribution is -2.18. The molecule has 1 atom stereocenters. The van der Waals surface area contributed by atoms with Crippen LogP contribution in [-0.4, -0.2) is 10.8 Å². The maximum atomic E-state index is 12.2. The predicted molar refractivity (Wildman–Crippen MR) is 81.3 cm³/mol. The Bertz CT molecular complexity index is 648. The zero-order valence-electron chi connectivity index (χ0n) is 11.9. The second kappa shape index (κ2) is 6.17. The number of hydrogen-bond acceptors (Lipinski definition) is 3. The average molecular weight is 284 g/mol. The molecule has 21 heavy (non-hydrogen) atoms. The van der Waals surface area contributed by atoms with E-state index in [1.807, 2.05) is 31.2 Å². The molecule has 5 nitrogen and oxygen atoms in total. The molecule has 0 heterocycles. The van der Waals surface area contributed by atoms with Crippen LogP contribution in [0.5, 0.6) is 0 Å². The van der Waals surface area contributed by atoms with Gasteiger partial charge in [-0.1, -0.05) is 29.8 Å². The summed E-state index contributed by atoms with van der Waals surface area (Å²) in [5.74, 6) is -0.528. The Balaban J connectivity index is 2.08. The number of benzene rings is 2. The van der Waals surface area contributed by atoms with E-state index in [0.717, 1.165) is 16.8 Å². The summed E-state index contributed by atoms with van der Waals surface area (Å²) in [6.07, 6.45) is 0. The summed E-state index contributed by atoms with van der Waals surface area (Å²) in [5, 5.41) is 13.4. The van der Waals surface area contributed by atoms with Gasteiger partial charge in [-0.05, 0) is 31.5 Å². The number of amides is 1. The van der Waals surface area contributed by atoms with Crippen LogP contribution in [0.4, 0.5) is 11.4 Å². The quantitative estimate of drug-likeness (QED) is 0.688. The zero-order chi connectivity index (χ0) is 15.4. The summed E-state index contributed by atoms with van der Waals surface area (Å²) in [4.78, 5) is 22.3. The predicted octanol–water partition coefficient (Wildman–Crippen LogP) is 3.65. The highest BCUT2D eigenvalue weighted by molar-refractivity contribution is 5.95. The van der Waals surface area contributed by atoms with Crippen LogP contribution < -0.4 is 5.32 Å². The fourth-order valence-corrected chi connectivity index (χ4v) is 1.92. The average Bonchev–Trinajstić information content (AvgIpc) is 2.49. The van der Waals surface area contributed by atoms with Gasteiger partial charge in [-0.25, -0.2) is 0 Å². The summed E-state index contributed by atoms with van der Waals surface area (Å²) in [5.41, 5.74) is 2.62. The number of nitro groups is 1. The van der Waals surface area contributed by atoms with Crippen molar-refractivity contribution in [1.82, 2.24) is 0 Å². The van der Waals surface area contributed by atoms with E-state index in [-0.39, 0.29) is 17.5 Å². The second-order valence-corrected chi connectivity index (χ2v) is 4.93. The van der Waals surface area contributed by atoms with E-state index < -0.39 is 4.92 Å². The van der Waals surface area contributed by atoms with Crippen molar-refractivity contribution in [1.29, 1.82) is 0 Å². The molecule has 2 aromatic rings. The Labute approximate surface area is 122 Å². The van der Waals surface area contributed by atoms with Gasteiger partial charge < -0.3 is 5.32 Å². The van der Waals surface area contributed by atoms with Crippen molar-refractivity contribution < 1.29 is 9.72 Å². The van der Waals surface area contributed by atoms with Crippen LogP contribution in [0, 0.1) is 17.0 Å². The minimum absolute atomic E-state index is 0.0184. The summed E-state index contributed by atoms with van der Waals surface area (Å²) in [6, 6.07) is 13.6. The Hall–Kier alpha value is -2.69. The first-order chi connectivity index (χ1) is 9.97. The Kier molecular flexibility index (Phi) is 4.33. The molecule has 0 aliphatic carbocycles. The number of nitrogens with zero attached hydrogens (tertiary/aromatic N) is 1. The number of nitrogens with one attached hydrogen (secondary N) is 1. The largest absolute Gasteiger partial charge is 0.326 e. The third-order valence-electron chi connectivity index (χ3n) is 3.32. The third kappa shape index (κ3) is 3.66. The number of non-ortho nitro benzene ring substituents is 1. The first kappa shape index (κ1) is 14.7. The molecule has 0 bridgehead atoms. The van der Waals surface area contributed by atoms with Crippen LogP contribution in [0.25, 0.3) is 0 Å². The van der Waals surface area contributed by atoms with Gasteiger partial charge in [-0.2, -0.15) is 0 Å². The molecule has 0 aliphatic heterocycles. The van der Waals surface area contributed by atoms with E-state index in [0.29, 0.717) is 0 Å². The van der Waals surface area contributed by atoms with E-state index in [2.05, 4.69) is 5.32 Å². The summed E-state index contributed by atoms with van der Waals surface area (Å²) in [7, 11) is 0. The van der Waals surface area contributed by atoms with E-state index in [1.54, 1.807) is 19.1 Å². The van der Waals surface area contributed by atoms with Gasteiger partial charge in [0.1, 0.15) is 0 Å². The minimum Gasteiger partial charge on any atom is -0.326 e. The van der Waals surface area contributed by atoms with E-state index in [1.165, 1.54) is 12.1 Å². The highest BCUT2D eigenvalue weighted by Gasteiger charge is 2.16. The maximum Gasteiger partial charge on any atom is 0.269 e. The lowest BCUT2D eigenvalue weighted by atomic mass is 10.00. The highest BCUT2D eigenvalue weighted by atomic mass is 16.6. The smallest absolute Gasteiger partial charge is 0.269 e. The van der Waals surface area contributed by atoms with Crippen LogP contribution in [-0.2, 0) is 4.79 Å². The lowest BCUT2D eigenvalue weighted by molar-refractivity contribution is -0.384. The molecular weight excluding hydrogens is 268 g/mol. The van der Waals surface area contributed by atoms with Crippen molar-refractivity contribution in [3.05, 3.63) is 69.8 Å². The van der Waals surface area contributed by atoms with Crippen molar-refractivity contribution in [2.75, 3.05) is 5.32 Å². The second-order valence-electron chi connectivity index (χ2n) is 4.93. The van der Waals surface area contributed by atoms with Crippen LogP contribution in [0.3, 0.4) is 0 Å². The first-order valence-corrected chi connectivity index (χ1v) is 6.59. The molecule has 0 radical (unpaired) electrons. The molecular formula is C16H16N2O3. The summed E-state index contributed by atoms with van der Waals surface area (Å²) >= 11 is 0. The van der Waals surface area contributed by atoms with Gasteiger partial charge in [0.05, 0.1) is 10.8 Å². The van der Waals surface area contributed by atoms with Crippen molar-refractivity contribution in [3.8, 4) is 0 Å². The number of rotatable bonds is 4. The van der Waals surface area contributed by atoms with Gasteiger partial charge in [0.25, 0.3) is 5.69 Å². The number of hydrogen-bond donors (Lipinski definition) is 1. The fraction of sp³-hybridized carbons (Fsp3) is 0.188. The van der Waals surface area contributed by atoms with Gasteiger partial charge in [0.2, 0.25) is 5.91 Å². The molecule has 5 heteroatoms. The van der Waals surface area contributed by atoms with Crippen LogP contribution >= 0.6 is 0 Å². The topological polar surface area (TPSA) is 72.2 Å². The maximum absolute atomic E-state index is 12.2. The molecule has 1 N–H and O–H groups in total. The zero-order valence-corrected chi connectivity index (χ0v) is 11.9. The van der Waals surface area contributed by atoms with Crippen molar-refractivity contribution >= 4 is 17.3 Å².